The third kappa shape index (κ3) is 2.74. The molecule has 3 heterocycles. The first-order chi connectivity index (χ1) is 10.5. The molecule has 1 N–H and O–H groups in total. The number of aromatic amines is 1. The van der Waals surface area contributed by atoms with Crippen molar-refractivity contribution in [1.29, 1.82) is 0 Å². The molecule has 0 saturated carbocycles. The number of amides is 1. The monoisotopic (exact) mass is 320 g/mol. The van der Waals surface area contributed by atoms with Gasteiger partial charge in [-0.25, -0.2) is 8.42 Å². The summed E-state index contributed by atoms with van der Waals surface area (Å²) in [5, 5.41) is 6.61. The molecule has 0 bridgehead atoms. The van der Waals surface area contributed by atoms with Gasteiger partial charge < -0.3 is 4.90 Å². The number of hydrogen-bond donors (Lipinski definition) is 1. The van der Waals surface area contributed by atoms with Crippen LogP contribution in [0.3, 0.4) is 0 Å². The van der Waals surface area contributed by atoms with Crippen LogP contribution < -0.4 is 0 Å². The molecule has 1 aliphatic rings. The van der Waals surface area contributed by atoms with Gasteiger partial charge in [0.1, 0.15) is 10.6 Å². The standard InChI is InChI=1S/C14H16N4O3S/c1-22(20,21)12-8-16-17-13(12)10-5-7-18(9-10)14(19)11-4-2-3-6-15-11/h2-4,6,8,10H,5,7,9H2,1H3,(H,16,17)/t10-/m0/s1. The molecular weight excluding hydrogens is 304 g/mol. The Morgan fingerprint density at radius 3 is 2.91 bits per heavy atom. The molecule has 2 aromatic heterocycles. The lowest BCUT2D eigenvalue weighted by Gasteiger charge is -2.16. The van der Waals surface area contributed by atoms with Crippen LogP contribution in [0, 0.1) is 0 Å². The minimum Gasteiger partial charge on any atom is -0.337 e. The smallest absolute Gasteiger partial charge is 0.272 e. The lowest BCUT2D eigenvalue weighted by Crippen LogP contribution is -2.29. The Balaban J connectivity index is 1.79. The van der Waals surface area contributed by atoms with Gasteiger partial charge in [-0.15, -0.1) is 0 Å². The van der Waals surface area contributed by atoms with Crippen molar-refractivity contribution in [1.82, 2.24) is 20.1 Å². The molecule has 0 radical (unpaired) electrons. The predicted molar refractivity (Wildman–Crippen MR) is 79.2 cm³/mol. The molecule has 1 fully saturated rings. The van der Waals surface area contributed by atoms with Gasteiger partial charge in [0, 0.05) is 31.5 Å². The summed E-state index contributed by atoms with van der Waals surface area (Å²) < 4.78 is 23.5. The van der Waals surface area contributed by atoms with Crippen molar-refractivity contribution in [3.05, 3.63) is 42.0 Å². The fourth-order valence-corrected chi connectivity index (χ4v) is 3.56. The number of H-pyrrole nitrogens is 1. The normalized spacial score (nSPS) is 18.6. The van der Waals surface area contributed by atoms with Crippen LogP contribution in [0.1, 0.15) is 28.5 Å². The maximum atomic E-state index is 12.4. The molecule has 1 aliphatic heterocycles. The molecule has 1 atom stereocenters. The van der Waals surface area contributed by atoms with E-state index in [0.717, 1.165) is 6.26 Å². The van der Waals surface area contributed by atoms with Gasteiger partial charge in [0.2, 0.25) is 0 Å². The van der Waals surface area contributed by atoms with Crippen molar-refractivity contribution in [3.8, 4) is 0 Å². The largest absolute Gasteiger partial charge is 0.337 e. The zero-order chi connectivity index (χ0) is 15.7. The molecule has 116 valence electrons. The van der Waals surface area contributed by atoms with Gasteiger partial charge in [0.15, 0.2) is 9.84 Å². The first kappa shape index (κ1) is 14.7. The van der Waals surface area contributed by atoms with E-state index in [-0.39, 0.29) is 16.7 Å². The lowest BCUT2D eigenvalue weighted by molar-refractivity contribution is 0.0785. The average molecular weight is 320 g/mol. The Labute approximate surface area is 128 Å². The fraction of sp³-hybridized carbons (Fsp3) is 0.357. The molecule has 22 heavy (non-hydrogen) atoms. The highest BCUT2D eigenvalue weighted by atomic mass is 32.2. The summed E-state index contributed by atoms with van der Waals surface area (Å²) in [6.45, 7) is 1.03. The number of nitrogens with one attached hydrogen (secondary N) is 1. The minimum atomic E-state index is -3.33. The maximum absolute atomic E-state index is 12.4. The van der Waals surface area contributed by atoms with Gasteiger partial charge >= 0.3 is 0 Å². The summed E-state index contributed by atoms with van der Waals surface area (Å²) in [4.78, 5) is 18.3. The SMILES string of the molecule is CS(=O)(=O)c1cn[nH]c1[C@H]1CCN(C(=O)c2ccccn2)C1. The van der Waals surface area contributed by atoms with Crippen molar-refractivity contribution >= 4 is 15.7 Å². The number of nitrogens with zero attached hydrogens (tertiary/aromatic N) is 3. The Morgan fingerprint density at radius 1 is 1.41 bits per heavy atom. The molecule has 7 nitrogen and oxygen atoms in total. The second-order valence-electron chi connectivity index (χ2n) is 5.37. The number of carbonyl (C=O) groups is 1. The molecule has 0 aliphatic carbocycles. The number of sulfone groups is 1. The molecule has 3 rings (SSSR count). The van der Waals surface area contributed by atoms with Crippen molar-refractivity contribution < 1.29 is 13.2 Å². The van der Waals surface area contributed by atoms with Gasteiger partial charge in [-0.3, -0.25) is 14.9 Å². The Kier molecular flexibility index (Phi) is 3.69. The van der Waals surface area contributed by atoms with Gasteiger partial charge in [-0.05, 0) is 18.6 Å². The van der Waals surface area contributed by atoms with Crippen molar-refractivity contribution in [2.45, 2.75) is 17.2 Å². The Bertz CT molecular complexity index is 785. The van der Waals surface area contributed by atoms with Gasteiger partial charge in [-0.1, -0.05) is 6.07 Å². The summed E-state index contributed by atoms with van der Waals surface area (Å²) in [5.41, 5.74) is 0.981. The molecule has 8 heteroatoms. The molecule has 1 saturated heterocycles. The summed E-state index contributed by atoms with van der Waals surface area (Å²) in [6.07, 6.45) is 4.77. The van der Waals surface area contributed by atoms with Crippen molar-refractivity contribution in [3.63, 3.8) is 0 Å². The summed E-state index contributed by atoms with van der Waals surface area (Å²) in [6, 6.07) is 5.20. The third-order valence-electron chi connectivity index (χ3n) is 3.80. The first-order valence-corrected chi connectivity index (χ1v) is 8.79. The van der Waals surface area contributed by atoms with Crippen LogP contribution in [0.5, 0.6) is 0 Å². The van der Waals surface area contributed by atoms with E-state index in [1.54, 1.807) is 29.3 Å². The molecule has 2 aromatic rings. The van der Waals surface area contributed by atoms with E-state index in [1.165, 1.54) is 6.20 Å². The highest BCUT2D eigenvalue weighted by Gasteiger charge is 2.32. The number of aromatic nitrogens is 3. The first-order valence-electron chi connectivity index (χ1n) is 6.90. The van der Waals surface area contributed by atoms with E-state index in [4.69, 9.17) is 0 Å². The topological polar surface area (TPSA) is 96.0 Å². The molecular formula is C14H16N4O3S. The van der Waals surface area contributed by atoms with Crippen LogP contribution in [-0.4, -0.2) is 53.8 Å². The number of carbonyl (C=O) groups excluding carboxylic acids is 1. The van der Waals surface area contributed by atoms with Crippen LogP contribution in [0.2, 0.25) is 0 Å². The fourth-order valence-electron chi connectivity index (χ4n) is 2.70. The summed E-state index contributed by atoms with van der Waals surface area (Å²) >= 11 is 0. The summed E-state index contributed by atoms with van der Waals surface area (Å²) in [7, 11) is -3.33. The van der Waals surface area contributed by atoms with Gasteiger partial charge in [-0.2, -0.15) is 5.10 Å². The van der Waals surface area contributed by atoms with Crippen LogP contribution >= 0.6 is 0 Å². The summed E-state index contributed by atoms with van der Waals surface area (Å²) in [5.74, 6) is -0.191. The highest BCUT2D eigenvalue weighted by Crippen LogP contribution is 2.30. The van der Waals surface area contributed by atoms with E-state index in [1.807, 2.05) is 0 Å². The van der Waals surface area contributed by atoms with Crippen molar-refractivity contribution in [2.75, 3.05) is 19.3 Å². The maximum Gasteiger partial charge on any atom is 0.272 e. The van der Waals surface area contributed by atoms with Gasteiger partial charge in [0.05, 0.1) is 11.9 Å². The van der Waals surface area contributed by atoms with E-state index >= 15 is 0 Å². The van der Waals surface area contributed by atoms with E-state index in [2.05, 4.69) is 15.2 Å². The Morgan fingerprint density at radius 2 is 2.23 bits per heavy atom. The van der Waals surface area contributed by atoms with E-state index < -0.39 is 9.84 Å². The second kappa shape index (κ2) is 5.53. The number of hydrogen-bond acceptors (Lipinski definition) is 5. The van der Waals surface area contributed by atoms with Crippen LogP contribution in [0.25, 0.3) is 0 Å². The Hall–Kier alpha value is -2.22. The van der Waals surface area contributed by atoms with Crippen molar-refractivity contribution in [2.24, 2.45) is 0 Å². The highest BCUT2D eigenvalue weighted by molar-refractivity contribution is 7.90. The quantitative estimate of drug-likeness (QED) is 0.904. The number of pyridine rings is 1. The lowest BCUT2D eigenvalue weighted by atomic mass is 10.1. The predicted octanol–water partition coefficient (Wildman–Crippen LogP) is 0.838. The van der Waals surface area contributed by atoms with Crippen LogP contribution in [0.4, 0.5) is 0 Å². The zero-order valence-electron chi connectivity index (χ0n) is 12.1. The number of rotatable bonds is 3. The molecule has 0 spiro atoms. The second-order valence-corrected chi connectivity index (χ2v) is 7.36. The molecule has 1 amide bonds. The molecule has 0 unspecified atom stereocenters. The van der Waals surface area contributed by atoms with Crippen LogP contribution in [-0.2, 0) is 9.84 Å². The van der Waals surface area contributed by atoms with E-state index in [0.29, 0.717) is 30.9 Å². The van der Waals surface area contributed by atoms with E-state index in [9.17, 15) is 13.2 Å². The minimum absolute atomic E-state index is 0.0557. The van der Waals surface area contributed by atoms with Crippen LogP contribution in [0.15, 0.2) is 35.5 Å². The average Bonchev–Trinajstić information content (AvgIpc) is 3.15. The number of likely N-dealkylation sites (tertiary alicyclic amines) is 1. The van der Waals surface area contributed by atoms with Gasteiger partial charge in [0.25, 0.3) is 5.91 Å². The third-order valence-corrected chi connectivity index (χ3v) is 4.92. The zero-order valence-corrected chi connectivity index (χ0v) is 12.9. The molecule has 0 aromatic carbocycles.